The zero-order chi connectivity index (χ0) is 17.2. The topological polar surface area (TPSA) is 61.9 Å². The number of rotatable bonds is 13. The Bertz CT molecular complexity index is 252. The Labute approximate surface area is 136 Å². The number of likely N-dealkylation sites (N-methyl/N-ethyl adjacent to an activating group) is 1. The average Bonchev–Trinajstić information content (AvgIpc) is 2.55. The molecule has 8 nitrogen and oxygen atoms in total. The first kappa shape index (κ1) is 22.1. The molecule has 0 aliphatic heterocycles. The van der Waals surface area contributed by atoms with E-state index in [-0.39, 0.29) is 0 Å². The SMILES string of the molecule is CO[Si](CN(CCN(C)C)C[Si](OC)(OC)OC)(OC)OC. The quantitative estimate of drug-likeness (QED) is 0.416. The molecular weight excluding hydrogens is 324 g/mol. The van der Waals surface area contributed by atoms with E-state index < -0.39 is 17.6 Å². The molecule has 0 aliphatic rings. The Morgan fingerprint density at radius 3 is 1.14 bits per heavy atom. The van der Waals surface area contributed by atoms with Crippen LogP contribution >= 0.6 is 0 Å². The van der Waals surface area contributed by atoms with Gasteiger partial charge in [-0.1, -0.05) is 0 Å². The van der Waals surface area contributed by atoms with Gasteiger partial charge in [-0.15, -0.1) is 0 Å². The lowest BCUT2D eigenvalue weighted by Crippen LogP contribution is -2.60. The summed E-state index contributed by atoms with van der Waals surface area (Å²) < 4.78 is 33.1. The number of hydrogen-bond donors (Lipinski definition) is 0. The number of nitrogens with zero attached hydrogens (tertiary/aromatic N) is 2. The van der Waals surface area contributed by atoms with Crippen LogP contribution in [0.3, 0.4) is 0 Å². The van der Waals surface area contributed by atoms with E-state index in [9.17, 15) is 0 Å². The number of hydrogen-bond acceptors (Lipinski definition) is 8. The third kappa shape index (κ3) is 6.70. The van der Waals surface area contributed by atoms with E-state index in [1.165, 1.54) is 0 Å². The van der Waals surface area contributed by atoms with Crippen LogP contribution in [0.4, 0.5) is 0 Å². The Hall–Kier alpha value is 0.114. The lowest BCUT2D eigenvalue weighted by molar-refractivity contribution is 0.0831. The first-order valence-corrected chi connectivity index (χ1v) is 10.9. The van der Waals surface area contributed by atoms with Crippen molar-refractivity contribution in [3.63, 3.8) is 0 Å². The van der Waals surface area contributed by atoms with Crippen molar-refractivity contribution in [1.82, 2.24) is 9.80 Å². The van der Waals surface area contributed by atoms with Crippen molar-refractivity contribution in [2.45, 2.75) is 0 Å². The molecule has 0 radical (unpaired) electrons. The summed E-state index contributed by atoms with van der Waals surface area (Å²) in [7, 11) is 8.25. The standard InChI is InChI=1S/C12H32N2O6Si2/c1-13(2)9-10-14(11-21(15-3,16-4)17-5)12-22(18-6,19-7)20-8/h9-12H2,1-8H3. The second-order valence-corrected chi connectivity index (χ2v) is 10.9. The van der Waals surface area contributed by atoms with Gasteiger partial charge in [-0.3, -0.25) is 4.90 Å². The third-order valence-electron chi connectivity index (χ3n) is 3.56. The van der Waals surface area contributed by atoms with Crippen LogP contribution in [0, 0.1) is 0 Å². The van der Waals surface area contributed by atoms with Gasteiger partial charge in [0.05, 0.1) is 12.3 Å². The van der Waals surface area contributed by atoms with Crippen molar-refractivity contribution in [2.24, 2.45) is 0 Å². The fourth-order valence-corrected chi connectivity index (χ4v) is 5.62. The molecule has 0 amide bonds. The molecule has 0 saturated heterocycles. The lowest BCUT2D eigenvalue weighted by Gasteiger charge is -2.35. The smallest absolute Gasteiger partial charge is 0.376 e. The molecule has 22 heavy (non-hydrogen) atoms. The Kier molecular flexibility index (Phi) is 10.9. The largest absolute Gasteiger partial charge is 0.514 e. The molecule has 0 saturated carbocycles. The van der Waals surface area contributed by atoms with E-state index in [1.807, 2.05) is 14.1 Å². The maximum atomic E-state index is 5.52. The van der Waals surface area contributed by atoms with E-state index in [0.29, 0.717) is 12.3 Å². The van der Waals surface area contributed by atoms with Crippen LogP contribution in [0.15, 0.2) is 0 Å². The Morgan fingerprint density at radius 1 is 0.591 bits per heavy atom. The summed E-state index contributed by atoms with van der Waals surface area (Å²) in [5, 5.41) is 0. The molecule has 0 unspecified atom stereocenters. The molecular formula is C12H32N2O6Si2. The summed E-state index contributed by atoms with van der Waals surface area (Å²) in [5.74, 6) is 0. The molecule has 0 atom stereocenters. The fourth-order valence-electron chi connectivity index (χ4n) is 1.99. The van der Waals surface area contributed by atoms with Gasteiger partial charge in [-0.05, 0) is 14.1 Å². The van der Waals surface area contributed by atoms with Gasteiger partial charge in [-0.2, -0.15) is 0 Å². The Balaban J connectivity index is 5.10. The first-order valence-electron chi connectivity index (χ1n) is 7.04. The van der Waals surface area contributed by atoms with Crippen LogP contribution in [0.2, 0.25) is 0 Å². The summed E-state index contributed by atoms with van der Waals surface area (Å²) >= 11 is 0. The summed E-state index contributed by atoms with van der Waals surface area (Å²) in [6, 6.07) is 0. The van der Waals surface area contributed by atoms with Gasteiger partial charge in [0, 0.05) is 55.7 Å². The summed E-state index contributed by atoms with van der Waals surface area (Å²) in [6.45, 7) is 1.67. The van der Waals surface area contributed by atoms with Crippen molar-refractivity contribution in [2.75, 3.05) is 82.2 Å². The molecule has 0 spiro atoms. The maximum absolute atomic E-state index is 5.52. The molecule has 0 aromatic heterocycles. The predicted octanol–water partition coefficient (Wildman–Crippen LogP) is -0.315. The van der Waals surface area contributed by atoms with Crippen LogP contribution in [0.25, 0.3) is 0 Å². The second kappa shape index (κ2) is 10.8. The molecule has 0 fully saturated rings. The molecule has 134 valence electrons. The van der Waals surface area contributed by atoms with Gasteiger partial charge in [0.15, 0.2) is 0 Å². The van der Waals surface area contributed by atoms with Gasteiger partial charge in [-0.25, -0.2) is 0 Å². The van der Waals surface area contributed by atoms with E-state index >= 15 is 0 Å². The van der Waals surface area contributed by atoms with E-state index in [4.69, 9.17) is 26.6 Å². The van der Waals surface area contributed by atoms with Crippen molar-refractivity contribution < 1.29 is 26.6 Å². The maximum Gasteiger partial charge on any atom is 0.514 e. The molecule has 0 heterocycles. The van der Waals surface area contributed by atoms with E-state index in [1.54, 1.807) is 42.7 Å². The van der Waals surface area contributed by atoms with Crippen LogP contribution in [0.5, 0.6) is 0 Å². The second-order valence-electron chi connectivity index (χ2n) is 5.10. The minimum absolute atomic E-state index is 0.537. The van der Waals surface area contributed by atoms with Crippen molar-refractivity contribution >= 4 is 17.6 Å². The zero-order valence-corrected chi connectivity index (χ0v) is 17.2. The Morgan fingerprint density at radius 2 is 0.909 bits per heavy atom. The van der Waals surface area contributed by atoms with Gasteiger partial charge >= 0.3 is 17.6 Å². The lowest BCUT2D eigenvalue weighted by atomic mass is 10.5. The van der Waals surface area contributed by atoms with Crippen molar-refractivity contribution in [1.29, 1.82) is 0 Å². The zero-order valence-electron chi connectivity index (χ0n) is 15.2. The summed E-state index contributed by atoms with van der Waals surface area (Å²) in [6.07, 6.45) is 1.07. The minimum Gasteiger partial charge on any atom is -0.376 e. The summed E-state index contributed by atoms with van der Waals surface area (Å²) in [4.78, 5) is 4.27. The molecule has 0 N–H and O–H groups in total. The van der Waals surface area contributed by atoms with Crippen molar-refractivity contribution in [3.05, 3.63) is 0 Å². The monoisotopic (exact) mass is 356 g/mol. The van der Waals surface area contributed by atoms with Crippen LogP contribution < -0.4 is 0 Å². The fraction of sp³-hybridized carbons (Fsp3) is 1.00. The van der Waals surface area contributed by atoms with Gasteiger partial charge in [0.1, 0.15) is 0 Å². The normalized spacial score (nSPS) is 13.4. The van der Waals surface area contributed by atoms with E-state index in [2.05, 4.69) is 9.80 Å². The minimum atomic E-state index is -2.73. The van der Waals surface area contributed by atoms with Crippen LogP contribution in [0.1, 0.15) is 0 Å². The van der Waals surface area contributed by atoms with Gasteiger partial charge in [0.2, 0.25) is 0 Å². The van der Waals surface area contributed by atoms with Crippen molar-refractivity contribution in [3.8, 4) is 0 Å². The highest BCUT2D eigenvalue weighted by atomic mass is 28.4. The molecule has 0 bridgehead atoms. The average molecular weight is 357 g/mol. The molecule has 0 rings (SSSR count). The van der Waals surface area contributed by atoms with Gasteiger partial charge < -0.3 is 31.5 Å². The van der Waals surface area contributed by atoms with Crippen LogP contribution in [-0.4, -0.2) is 110 Å². The van der Waals surface area contributed by atoms with E-state index in [0.717, 1.165) is 13.1 Å². The molecule has 0 aromatic carbocycles. The highest BCUT2D eigenvalue weighted by Crippen LogP contribution is 2.14. The predicted molar refractivity (Wildman–Crippen MR) is 88.6 cm³/mol. The van der Waals surface area contributed by atoms with Gasteiger partial charge in [0.25, 0.3) is 0 Å². The summed E-state index contributed by atoms with van der Waals surface area (Å²) in [5.41, 5.74) is 0. The highest BCUT2D eigenvalue weighted by Gasteiger charge is 2.45. The molecule has 0 aromatic rings. The molecule has 0 aliphatic carbocycles. The third-order valence-corrected chi connectivity index (χ3v) is 8.97. The highest BCUT2D eigenvalue weighted by molar-refractivity contribution is 6.62. The molecule has 10 heteroatoms. The first-order chi connectivity index (χ1) is 10.4. The van der Waals surface area contributed by atoms with Crippen LogP contribution in [-0.2, 0) is 26.6 Å².